The normalized spacial score (nSPS) is 16.2. The summed E-state index contributed by atoms with van der Waals surface area (Å²) in [6, 6.07) is 8.39. The number of anilines is 1. The number of nitrogens with zero attached hydrogens (tertiary/aromatic N) is 5. The molecule has 39 heavy (non-hydrogen) atoms. The number of piperidine rings is 1. The van der Waals surface area contributed by atoms with E-state index in [0.29, 0.717) is 32.2 Å². The van der Waals surface area contributed by atoms with Gasteiger partial charge in [0, 0.05) is 62.8 Å². The van der Waals surface area contributed by atoms with E-state index >= 15 is 0 Å². The highest BCUT2D eigenvalue weighted by molar-refractivity contribution is 7.09. The Morgan fingerprint density at radius 1 is 0.897 bits per heavy atom. The van der Waals surface area contributed by atoms with Crippen molar-refractivity contribution in [3.8, 4) is 0 Å². The Balaban J connectivity index is 1.08. The number of likely N-dealkylation sites (tertiary alicyclic amines) is 1. The van der Waals surface area contributed by atoms with Gasteiger partial charge in [-0.3, -0.25) is 20.4 Å². The van der Waals surface area contributed by atoms with Crippen LogP contribution < -0.4 is 15.8 Å². The van der Waals surface area contributed by atoms with E-state index in [1.54, 1.807) is 11.6 Å². The van der Waals surface area contributed by atoms with Gasteiger partial charge in [-0.15, -0.1) is 11.3 Å². The van der Waals surface area contributed by atoms with E-state index in [4.69, 9.17) is 0 Å². The Kier molecular flexibility index (Phi) is 7.96. The van der Waals surface area contributed by atoms with Gasteiger partial charge < -0.3 is 14.7 Å². The Labute approximate surface area is 227 Å². The SMILES string of the molecule is O=C(NNC(=O)c1ccc(F)cc1F)c1csc(C2CCN(C(=O)N3CCN(c4ccccn4)CC3)CC2)n1. The van der Waals surface area contributed by atoms with Crippen LogP contribution in [0.2, 0.25) is 0 Å². The molecule has 1 aromatic carbocycles. The van der Waals surface area contributed by atoms with Crippen molar-refractivity contribution in [2.45, 2.75) is 18.8 Å². The third-order valence-corrected chi connectivity index (χ3v) is 7.87. The number of halogens is 2. The molecular formula is C26H27F2N7O3S. The van der Waals surface area contributed by atoms with Gasteiger partial charge in [0.2, 0.25) is 0 Å². The molecule has 0 saturated carbocycles. The van der Waals surface area contributed by atoms with E-state index < -0.39 is 29.0 Å². The maximum atomic E-state index is 13.8. The summed E-state index contributed by atoms with van der Waals surface area (Å²) in [5.41, 5.74) is 4.05. The van der Waals surface area contributed by atoms with Crippen LogP contribution in [0.4, 0.5) is 19.4 Å². The molecule has 204 valence electrons. The van der Waals surface area contributed by atoms with Crippen molar-refractivity contribution in [2.75, 3.05) is 44.2 Å². The standard InChI is InChI=1S/C26H27F2N7O3S/c27-18-4-5-19(20(28)15-18)23(36)31-32-24(37)21-16-39-25(30-21)17-6-9-34(10-7-17)26(38)35-13-11-33(12-14-35)22-3-1-2-8-29-22/h1-5,8,15-17H,6-7,9-14H2,(H,31,36)(H,32,37). The highest BCUT2D eigenvalue weighted by Crippen LogP contribution is 2.31. The maximum absolute atomic E-state index is 13.8. The lowest BCUT2D eigenvalue weighted by atomic mass is 9.98. The second-order valence-corrected chi connectivity index (χ2v) is 10.2. The number of hydrogen-bond donors (Lipinski definition) is 2. The van der Waals surface area contributed by atoms with Gasteiger partial charge in [-0.25, -0.2) is 23.5 Å². The van der Waals surface area contributed by atoms with Crippen molar-refractivity contribution >= 4 is 35.0 Å². The Morgan fingerprint density at radius 2 is 1.62 bits per heavy atom. The summed E-state index contributed by atoms with van der Waals surface area (Å²) in [4.78, 5) is 52.4. The number of thiazole rings is 1. The molecule has 3 aromatic rings. The summed E-state index contributed by atoms with van der Waals surface area (Å²) >= 11 is 1.34. The second kappa shape index (κ2) is 11.7. The third kappa shape index (κ3) is 6.14. The fourth-order valence-corrected chi connectivity index (χ4v) is 5.65. The molecule has 2 aliphatic rings. The van der Waals surface area contributed by atoms with Crippen LogP contribution in [0.5, 0.6) is 0 Å². The third-order valence-electron chi connectivity index (χ3n) is 6.86. The van der Waals surface area contributed by atoms with Crippen LogP contribution in [-0.4, -0.2) is 76.9 Å². The average molecular weight is 556 g/mol. The van der Waals surface area contributed by atoms with Crippen molar-refractivity contribution in [1.82, 2.24) is 30.6 Å². The van der Waals surface area contributed by atoms with Gasteiger partial charge in [0.1, 0.15) is 23.1 Å². The molecule has 5 rings (SSSR count). The van der Waals surface area contributed by atoms with Crippen LogP contribution in [0.25, 0.3) is 0 Å². The minimum Gasteiger partial charge on any atom is -0.353 e. The van der Waals surface area contributed by atoms with Crippen LogP contribution in [0.15, 0.2) is 48.0 Å². The number of benzene rings is 1. The largest absolute Gasteiger partial charge is 0.353 e. The molecule has 2 aliphatic heterocycles. The number of pyridine rings is 1. The minimum absolute atomic E-state index is 0.0432. The summed E-state index contributed by atoms with van der Waals surface area (Å²) in [6.07, 6.45) is 3.23. The van der Waals surface area contributed by atoms with Gasteiger partial charge in [0.25, 0.3) is 11.8 Å². The number of hydrazine groups is 1. The van der Waals surface area contributed by atoms with Crippen LogP contribution in [0.3, 0.4) is 0 Å². The van der Waals surface area contributed by atoms with Crippen molar-refractivity contribution in [3.05, 3.63) is 75.9 Å². The topological polar surface area (TPSA) is 111 Å². The van der Waals surface area contributed by atoms with Crippen LogP contribution in [0.1, 0.15) is 44.6 Å². The number of carbonyl (C=O) groups is 3. The summed E-state index contributed by atoms with van der Waals surface area (Å²) < 4.78 is 26.8. The van der Waals surface area contributed by atoms with Crippen LogP contribution in [-0.2, 0) is 0 Å². The average Bonchev–Trinajstić information content (AvgIpc) is 3.47. The quantitative estimate of drug-likeness (QED) is 0.479. The van der Waals surface area contributed by atoms with Gasteiger partial charge in [0.05, 0.1) is 10.6 Å². The molecule has 0 aliphatic carbocycles. The smallest absolute Gasteiger partial charge is 0.320 e. The first-order valence-corrected chi connectivity index (χ1v) is 13.5. The lowest BCUT2D eigenvalue weighted by Crippen LogP contribution is -2.54. The molecule has 2 N–H and O–H groups in total. The van der Waals surface area contributed by atoms with Gasteiger partial charge in [-0.2, -0.15) is 0 Å². The maximum Gasteiger partial charge on any atom is 0.320 e. The van der Waals surface area contributed by atoms with Crippen LogP contribution in [0, 0.1) is 11.6 Å². The molecule has 4 amide bonds. The fourth-order valence-electron chi connectivity index (χ4n) is 4.68. The first kappa shape index (κ1) is 26.5. The first-order valence-electron chi connectivity index (χ1n) is 12.6. The number of nitrogens with one attached hydrogen (secondary N) is 2. The monoisotopic (exact) mass is 555 g/mol. The number of amides is 4. The number of aromatic nitrogens is 2. The van der Waals surface area contributed by atoms with Gasteiger partial charge >= 0.3 is 6.03 Å². The lowest BCUT2D eigenvalue weighted by molar-refractivity contribution is 0.0841. The molecule has 4 heterocycles. The predicted octanol–water partition coefficient (Wildman–Crippen LogP) is 3.01. The molecular weight excluding hydrogens is 528 g/mol. The zero-order chi connectivity index (χ0) is 27.4. The summed E-state index contributed by atoms with van der Waals surface area (Å²) in [5, 5.41) is 2.38. The molecule has 0 unspecified atom stereocenters. The molecule has 0 bridgehead atoms. The number of rotatable bonds is 4. The molecule has 0 atom stereocenters. The molecule has 2 aromatic heterocycles. The van der Waals surface area contributed by atoms with Gasteiger partial charge in [-0.1, -0.05) is 6.07 Å². The summed E-state index contributed by atoms with van der Waals surface area (Å²) in [5.74, 6) is -2.36. The van der Waals surface area contributed by atoms with Crippen molar-refractivity contribution in [2.24, 2.45) is 0 Å². The van der Waals surface area contributed by atoms with Crippen molar-refractivity contribution in [3.63, 3.8) is 0 Å². The number of piperazine rings is 1. The highest BCUT2D eigenvalue weighted by Gasteiger charge is 2.30. The number of hydrogen-bond acceptors (Lipinski definition) is 7. The first-order chi connectivity index (χ1) is 18.9. The Hall–Kier alpha value is -4.13. The van der Waals surface area contributed by atoms with Crippen molar-refractivity contribution < 1.29 is 23.2 Å². The highest BCUT2D eigenvalue weighted by atomic mass is 32.1. The summed E-state index contributed by atoms with van der Waals surface area (Å²) in [6.45, 7) is 3.97. The lowest BCUT2D eigenvalue weighted by Gasteiger charge is -2.39. The van der Waals surface area contributed by atoms with Crippen molar-refractivity contribution in [1.29, 1.82) is 0 Å². The molecule has 0 radical (unpaired) electrons. The van der Waals surface area contributed by atoms with E-state index in [-0.39, 0.29) is 17.6 Å². The predicted molar refractivity (Wildman–Crippen MR) is 140 cm³/mol. The van der Waals surface area contributed by atoms with E-state index in [9.17, 15) is 23.2 Å². The molecule has 13 heteroatoms. The molecule has 2 saturated heterocycles. The molecule has 2 fully saturated rings. The Morgan fingerprint density at radius 3 is 2.31 bits per heavy atom. The Bertz CT molecular complexity index is 1340. The van der Waals surface area contributed by atoms with Gasteiger partial charge in [0.15, 0.2) is 0 Å². The second-order valence-electron chi connectivity index (χ2n) is 9.31. The minimum atomic E-state index is -1.03. The number of carbonyl (C=O) groups excluding carboxylic acids is 3. The van der Waals surface area contributed by atoms with Crippen LogP contribution >= 0.6 is 11.3 Å². The summed E-state index contributed by atoms with van der Waals surface area (Å²) in [7, 11) is 0. The fraction of sp³-hybridized carbons (Fsp3) is 0.346. The zero-order valence-corrected chi connectivity index (χ0v) is 21.8. The van der Waals surface area contributed by atoms with E-state index in [2.05, 4.69) is 25.7 Å². The number of urea groups is 1. The van der Waals surface area contributed by atoms with E-state index in [1.807, 2.05) is 28.0 Å². The van der Waals surface area contributed by atoms with Gasteiger partial charge in [-0.05, 0) is 37.1 Å². The van der Waals surface area contributed by atoms with E-state index in [0.717, 1.165) is 48.9 Å². The molecule has 10 nitrogen and oxygen atoms in total. The molecule has 0 spiro atoms. The van der Waals surface area contributed by atoms with E-state index in [1.165, 1.54) is 11.3 Å². The zero-order valence-electron chi connectivity index (χ0n) is 21.0.